The first-order valence-electron chi connectivity index (χ1n) is 7.13. The van der Waals surface area contributed by atoms with Gasteiger partial charge in [0, 0.05) is 27.2 Å². The lowest BCUT2D eigenvalue weighted by Crippen LogP contribution is -2.38. The molecule has 0 saturated heterocycles. The fraction of sp³-hybridized carbons (Fsp3) is 0.562. The number of halogens is 1. The maximum Gasteiger partial charge on any atom is 0.193 e. The molecular formula is C16H28IN3S. The Morgan fingerprint density at radius 3 is 2.48 bits per heavy atom. The molecule has 0 saturated carbocycles. The number of benzene rings is 1. The van der Waals surface area contributed by atoms with Crippen molar-refractivity contribution in [2.75, 3.05) is 32.6 Å². The Hall–Kier alpha value is -0.430. The molecule has 1 rings (SSSR count). The minimum absolute atomic E-state index is 0. The van der Waals surface area contributed by atoms with Gasteiger partial charge in [-0.05, 0) is 37.3 Å². The summed E-state index contributed by atoms with van der Waals surface area (Å²) in [5.74, 6) is 2.20. The number of nitrogens with one attached hydrogen (secondary N) is 1. The fourth-order valence-electron chi connectivity index (χ4n) is 2.00. The standard InChI is InChI=1S/C16H27N3S.HI/c1-14-7-9-15(10-8-14)13-19(3)16(17-2)18-11-5-6-12-20-4;/h7-10H,5-6,11-13H2,1-4H3,(H,17,18);1H. The van der Waals surface area contributed by atoms with Crippen LogP contribution in [0.3, 0.4) is 0 Å². The molecule has 0 fully saturated rings. The average molecular weight is 421 g/mol. The molecule has 0 radical (unpaired) electrons. The van der Waals surface area contributed by atoms with Gasteiger partial charge in [0.15, 0.2) is 5.96 Å². The van der Waals surface area contributed by atoms with Crippen LogP contribution in [0.15, 0.2) is 29.3 Å². The van der Waals surface area contributed by atoms with Crippen LogP contribution in [0, 0.1) is 6.92 Å². The number of unbranched alkanes of at least 4 members (excludes halogenated alkanes) is 1. The Morgan fingerprint density at radius 1 is 1.24 bits per heavy atom. The van der Waals surface area contributed by atoms with Crippen LogP contribution in [0.2, 0.25) is 0 Å². The summed E-state index contributed by atoms with van der Waals surface area (Å²) >= 11 is 1.91. The minimum atomic E-state index is 0. The molecule has 0 amide bonds. The lowest BCUT2D eigenvalue weighted by molar-refractivity contribution is 0.475. The van der Waals surface area contributed by atoms with Crippen LogP contribution < -0.4 is 5.32 Å². The van der Waals surface area contributed by atoms with E-state index in [4.69, 9.17) is 0 Å². The first kappa shape index (κ1) is 20.6. The summed E-state index contributed by atoms with van der Waals surface area (Å²) in [4.78, 5) is 6.51. The molecule has 0 aliphatic heterocycles. The molecule has 0 aromatic heterocycles. The van der Waals surface area contributed by atoms with Crippen LogP contribution in [0.5, 0.6) is 0 Å². The third-order valence-corrected chi connectivity index (χ3v) is 3.87. The summed E-state index contributed by atoms with van der Waals surface area (Å²) in [6.07, 6.45) is 4.60. The van der Waals surface area contributed by atoms with E-state index in [0.29, 0.717) is 0 Å². The number of aryl methyl sites for hydroxylation is 1. The Bertz CT molecular complexity index is 406. The number of rotatable bonds is 7. The van der Waals surface area contributed by atoms with E-state index < -0.39 is 0 Å². The summed E-state index contributed by atoms with van der Waals surface area (Å²) in [6, 6.07) is 8.67. The van der Waals surface area contributed by atoms with Gasteiger partial charge in [-0.1, -0.05) is 29.8 Å². The number of aliphatic imine (C=N–C) groups is 1. The van der Waals surface area contributed by atoms with E-state index in [2.05, 4.69) is 59.7 Å². The van der Waals surface area contributed by atoms with Gasteiger partial charge in [0.05, 0.1) is 0 Å². The Balaban J connectivity index is 0.00000400. The molecule has 120 valence electrons. The van der Waals surface area contributed by atoms with E-state index in [1.807, 2.05) is 18.8 Å². The molecular weight excluding hydrogens is 393 g/mol. The normalized spacial score (nSPS) is 11.0. The van der Waals surface area contributed by atoms with Crippen LogP contribution in [-0.2, 0) is 6.54 Å². The summed E-state index contributed by atoms with van der Waals surface area (Å²) in [7, 11) is 3.92. The van der Waals surface area contributed by atoms with Gasteiger partial charge in [-0.15, -0.1) is 24.0 Å². The smallest absolute Gasteiger partial charge is 0.193 e. The molecule has 0 spiro atoms. The van der Waals surface area contributed by atoms with Gasteiger partial charge in [-0.3, -0.25) is 4.99 Å². The topological polar surface area (TPSA) is 27.6 Å². The van der Waals surface area contributed by atoms with Gasteiger partial charge in [-0.25, -0.2) is 0 Å². The van der Waals surface area contributed by atoms with E-state index >= 15 is 0 Å². The zero-order valence-electron chi connectivity index (χ0n) is 13.6. The van der Waals surface area contributed by atoms with Crippen LogP contribution >= 0.6 is 35.7 Å². The number of nitrogens with zero attached hydrogens (tertiary/aromatic N) is 2. The third-order valence-electron chi connectivity index (χ3n) is 3.17. The van der Waals surface area contributed by atoms with E-state index in [1.165, 1.54) is 29.7 Å². The first-order chi connectivity index (χ1) is 9.67. The zero-order valence-corrected chi connectivity index (χ0v) is 16.7. The van der Waals surface area contributed by atoms with Crippen molar-refractivity contribution in [2.45, 2.75) is 26.3 Å². The van der Waals surface area contributed by atoms with Crippen molar-refractivity contribution >= 4 is 41.7 Å². The maximum atomic E-state index is 4.35. The van der Waals surface area contributed by atoms with Gasteiger partial charge in [0.2, 0.25) is 0 Å². The zero-order chi connectivity index (χ0) is 14.8. The van der Waals surface area contributed by atoms with Crippen LogP contribution in [0.4, 0.5) is 0 Å². The molecule has 0 heterocycles. The third kappa shape index (κ3) is 8.56. The highest BCUT2D eigenvalue weighted by molar-refractivity contribution is 14.0. The molecule has 21 heavy (non-hydrogen) atoms. The Labute approximate surface area is 151 Å². The summed E-state index contributed by atoms with van der Waals surface area (Å²) < 4.78 is 0. The van der Waals surface area contributed by atoms with Gasteiger partial charge >= 0.3 is 0 Å². The number of thioether (sulfide) groups is 1. The molecule has 0 bridgehead atoms. The van der Waals surface area contributed by atoms with Crippen molar-refractivity contribution in [1.29, 1.82) is 0 Å². The number of hydrogen-bond donors (Lipinski definition) is 1. The van der Waals surface area contributed by atoms with Crippen molar-refractivity contribution < 1.29 is 0 Å². The minimum Gasteiger partial charge on any atom is -0.356 e. The molecule has 5 heteroatoms. The second kappa shape index (κ2) is 12.1. The number of guanidine groups is 1. The maximum absolute atomic E-state index is 4.35. The monoisotopic (exact) mass is 421 g/mol. The van der Waals surface area contributed by atoms with Crippen LogP contribution in [0.1, 0.15) is 24.0 Å². The SMILES string of the molecule is CN=C(NCCCCSC)N(C)Cc1ccc(C)cc1.I. The average Bonchev–Trinajstić information content (AvgIpc) is 2.45. The van der Waals surface area contributed by atoms with Crippen molar-refractivity contribution in [1.82, 2.24) is 10.2 Å². The summed E-state index contributed by atoms with van der Waals surface area (Å²) in [5, 5.41) is 3.43. The molecule has 0 aliphatic carbocycles. The van der Waals surface area contributed by atoms with E-state index in [9.17, 15) is 0 Å². The lowest BCUT2D eigenvalue weighted by atomic mass is 10.1. The first-order valence-corrected chi connectivity index (χ1v) is 8.53. The second-order valence-corrected chi connectivity index (χ2v) is 6.00. The van der Waals surface area contributed by atoms with Crippen LogP contribution in [0.25, 0.3) is 0 Å². The van der Waals surface area contributed by atoms with Gasteiger partial charge in [0.25, 0.3) is 0 Å². The van der Waals surface area contributed by atoms with E-state index in [-0.39, 0.29) is 24.0 Å². The van der Waals surface area contributed by atoms with Crippen molar-refractivity contribution in [3.63, 3.8) is 0 Å². The van der Waals surface area contributed by atoms with Gasteiger partial charge in [0.1, 0.15) is 0 Å². The molecule has 0 unspecified atom stereocenters. The van der Waals surface area contributed by atoms with Gasteiger partial charge in [-0.2, -0.15) is 11.8 Å². The molecule has 0 atom stereocenters. The highest BCUT2D eigenvalue weighted by Crippen LogP contribution is 2.06. The van der Waals surface area contributed by atoms with Crippen LogP contribution in [-0.4, -0.2) is 43.5 Å². The van der Waals surface area contributed by atoms with E-state index in [1.54, 1.807) is 0 Å². The highest BCUT2D eigenvalue weighted by Gasteiger charge is 2.05. The second-order valence-electron chi connectivity index (χ2n) is 5.02. The molecule has 1 aromatic rings. The predicted molar refractivity (Wildman–Crippen MR) is 107 cm³/mol. The van der Waals surface area contributed by atoms with Crippen molar-refractivity contribution in [3.8, 4) is 0 Å². The quantitative estimate of drug-likeness (QED) is 0.315. The summed E-state index contributed by atoms with van der Waals surface area (Å²) in [5.41, 5.74) is 2.61. The molecule has 3 nitrogen and oxygen atoms in total. The Kier molecular flexibility index (Phi) is 11.9. The van der Waals surface area contributed by atoms with Gasteiger partial charge < -0.3 is 10.2 Å². The highest BCUT2D eigenvalue weighted by atomic mass is 127. The van der Waals surface area contributed by atoms with Crippen molar-refractivity contribution in [3.05, 3.63) is 35.4 Å². The summed E-state index contributed by atoms with van der Waals surface area (Å²) in [6.45, 7) is 3.98. The molecule has 1 aromatic carbocycles. The van der Waals surface area contributed by atoms with Crippen molar-refractivity contribution in [2.24, 2.45) is 4.99 Å². The predicted octanol–water partition coefficient (Wildman–Crippen LogP) is 3.76. The lowest BCUT2D eigenvalue weighted by Gasteiger charge is -2.22. The molecule has 0 aliphatic rings. The fourth-order valence-corrected chi connectivity index (χ4v) is 2.49. The Morgan fingerprint density at radius 2 is 1.90 bits per heavy atom. The molecule has 1 N–H and O–H groups in total. The largest absolute Gasteiger partial charge is 0.356 e. The number of hydrogen-bond acceptors (Lipinski definition) is 2. The van der Waals surface area contributed by atoms with E-state index in [0.717, 1.165) is 19.0 Å².